The van der Waals surface area contributed by atoms with Gasteiger partial charge in [0.05, 0.1) is 24.9 Å². The summed E-state index contributed by atoms with van der Waals surface area (Å²) in [6.45, 7) is 7.13. The largest absolute Gasteiger partial charge is 0.392 e. The molecular weight excluding hydrogens is 648 g/mol. The van der Waals surface area contributed by atoms with Crippen LogP contribution in [0.4, 0.5) is 0 Å². The van der Waals surface area contributed by atoms with E-state index in [2.05, 4.69) is 15.5 Å². The molecule has 280 valence electrons. The zero-order valence-electron chi connectivity index (χ0n) is 30.6. The van der Waals surface area contributed by atoms with Crippen LogP contribution in [0.25, 0.3) is 0 Å². The first kappa shape index (κ1) is 38.9. The number of piperidine rings is 1. The first-order valence-electron chi connectivity index (χ1n) is 18.9. The molecule has 0 aromatic heterocycles. The average molecular weight is 707 g/mol. The van der Waals surface area contributed by atoms with Gasteiger partial charge in [-0.3, -0.25) is 24.5 Å². The number of aliphatic hydroxyl groups excluding tert-OH is 1. The van der Waals surface area contributed by atoms with Gasteiger partial charge in [0.1, 0.15) is 0 Å². The third-order valence-corrected chi connectivity index (χ3v) is 10.5. The summed E-state index contributed by atoms with van der Waals surface area (Å²) in [5.74, 6) is 0.238. The molecule has 3 fully saturated rings. The van der Waals surface area contributed by atoms with Gasteiger partial charge in [-0.2, -0.15) is 0 Å². The molecule has 2 aliphatic heterocycles. The van der Waals surface area contributed by atoms with Crippen molar-refractivity contribution in [2.75, 3.05) is 6.54 Å². The zero-order valence-corrected chi connectivity index (χ0v) is 30.6. The second kappa shape index (κ2) is 18.4. The molecule has 0 bridgehead atoms. The summed E-state index contributed by atoms with van der Waals surface area (Å²) >= 11 is 0. The number of unbranched alkanes of at least 4 members (excludes halogenated alkanes) is 2. The van der Waals surface area contributed by atoms with Crippen LogP contribution in [-0.2, 0) is 37.0 Å². The molecule has 3 amide bonds. The fourth-order valence-electron chi connectivity index (χ4n) is 7.88. The highest BCUT2D eigenvalue weighted by atomic mass is 16.7. The Balaban J connectivity index is 1.27. The number of benzene rings is 2. The van der Waals surface area contributed by atoms with Crippen LogP contribution in [0, 0.1) is 5.92 Å². The number of amides is 3. The quantitative estimate of drug-likeness (QED) is 0.0950. The summed E-state index contributed by atoms with van der Waals surface area (Å²) in [5.41, 5.74) is 5.03. The second-order valence-corrected chi connectivity index (χ2v) is 15.6. The average Bonchev–Trinajstić information content (AvgIpc) is 3.13. The summed E-state index contributed by atoms with van der Waals surface area (Å²) in [4.78, 5) is 39.7. The van der Waals surface area contributed by atoms with E-state index in [-0.39, 0.29) is 48.6 Å². The van der Waals surface area contributed by atoms with E-state index in [1.807, 2.05) is 69.3 Å². The van der Waals surface area contributed by atoms with E-state index in [0.717, 1.165) is 47.9 Å². The number of fused-ring (bicyclic) bond motifs is 1. The molecule has 1 saturated carbocycles. The lowest BCUT2D eigenvalue weighted by Crippen LogP contribution is -2.61. The van der Waals surface area contributed by atoms with Crippen LogP contribution in [0.15, 0.2) is 48.5 Å². The molecule has 6 atom stereocenters. The minimum atomic E-state index is -0.614. The highest BCUT2D eigenvalue weighted by Crippen LogP contribution is 2.42. The lowest BCUT2D eigenvalue weighted by Gasteiger charge is -2.50. The molecule has 0 spiro atoms. The number of ether oxygens (including phenoxy) is 2. The van der Waals surface area contributed by atoms with Gasteiger partial charge in [-0.05, 0) is 81.9 Å². The van der Waals surface area contributed by atoms with Gasteiger partial charge < -0.3 is 25.2 Å². The summed E-state index contributed by atoms with van der Waals surface area (Å²) in [6.07, 6.45) is 8.95. The van der Waals surface area contributed by atoms with Crippen molar-refractivity contribution in [3.8, 4) is 0 Å². The van der Waals surface area contributed by atoms with E-state index < -0.39 is 12.2 Å². The van der Waals surface area contributed by atoms with Gasteiger partial charge in [-0.25, -0.2) is 5.48 Å². The van der Waals surface area contributed by atoms with E-state index >= 15 is 0 Å². The Bertz CT molecular complexity index is 1430. The number of aliphatic hydroxyl groups is 1. The standard InChI is InChI=1S/C40H58N4O7/c1-40(2,3)42-38(48)34-22-21-29-9-7-8-10-33(29)44(34)25-32-23-35(30-17-15-28(26-45)16-18-30)51-39(50-32)31-19-13-27(14-20-31)24-41-36(46)11-5-4-6-12-37(47)43-49/h13-20,29,32-35,39,45,49H,4-12,21-26H2,1-3H3,(H,41,46)(H,42,48)(H,43,47)/t29-,32+,33-,34-,35-,39-/m1/s1. The van der Waals surface area contributed by atoms with Crippen molar-refractivity contribution >= 4 is 17.7 Å². The van der Waals surface area contributed by atoms with E-state index in [9.17, 15) is 19.5 Å². The number of carbonyl (C=O) groups is 3. The highest BCUT2D eigenvalue weighted by molar-refractivity contribution is 5.82. The lowest BCUT2D eigenvalue weighted by atomic mass is 9.75. The summed E-state index contributed by atoms with van der Waals surface area (Å²) in [6, 6.07) is 16.0. The number of rotatable bonds is 14. The smallest absolute Gasteiger partial charge is 0.243 e. The van der Waals surface area contributed by atoms with Crippen molar-refractivity contribution in [3.63, 3.8) is 0 Å². The van der Waals surface area contributed by atoms with E-state index in [0.29, 0.717) is 50.7 Å². The Hall–Kier alpha value is -3.35. The number of hydrogen-bond acceptors (Lipinski definition) is 8. The van der Waals surface area contributed by atoms with E-state index in [1.165, 1.54) is 19.3 Å². The van der Waals surface area contributed by atoms with Gasteiger partial charge >= 0.3 is 0 Å². The minimum absolute atomic E-state index is 0.0198. The van der Waals surface area contributed by atoms with E-state index in [1.54, 1.807) is 5.48 Å². The zero-order chi connectivity index (χ0) is 36.4. The molecule has 2 heterocycles. The Morgan fingerprint density at radius 3 is 2.18 bits per heavy atom. The van der Waals surface area contributed by atoms with Crippen LogP contribution in [0.5, 0.6) is 0 Å². The Kier molecular flexibility index (Phi) is 14.0. The number of carbonyl (C=O) groups excluding carboxylic acids is 3. The SMILES string of the molecule is CC(C)(C)NC(=O)[C@H]1CC[C@H]2CCCC[C@H]2N1C[C@@H]1C[C@H](c2ccc(CO)cc2)O[C@H](c2ccc(CNC(=O)CCCCCC(=O)NO)cc2)O1. The maximum atomic E-state index is 13.7. The van der Waals surface area contributed by atoms with Crippen molar-refractivity contribution in [1.29, 1.82) is 0 Å². The first-order chi connectivity index (χ1) is 24.5. The van der Waals surface area contributed by atoms with E-state index in [4.69, 9.17) is 14.7 Å². The maximum absolute atomic E-state index is 13.7. The van der Waals surface area contributed by atoms with Crippen LogP contribution in [-0.4, -0.2) is 63.2 Å². The van der Waals surface area contributed by atoms with Crippen molar-refractivity contribution in [1.82, 2.24) is 21.0 Å². The highest BCUT2D eigenvalue weighted by Gasteiger charge is 2.44. The number of likely N-dealkylation sites (tertiary alicyclic amines) is 1. The summed E-state index contributed by atoms with van der Waals surface area (Å²) < 4.78 is 13.4. The molecule has 51 heavy (non-hydrogen) atoms. The molecule has 2 saturated heterocycles. The molecule has 2 aromatic rings. The molecular formula is C40H58N4O7. The number of nitrogens with zero attached hydrogens (tertiary/aromatic N) is 1. The van der Waals surface area contributed by atoms with Crippen LogP contribution >= 0.6 is 0 Å². The Morgan fingerprint density at radius 2 is 1.49 bits per heavy atom. The number of nitrogens with one attached hydrogen (secondary N) is 3. The summed E-state index contributed by atoms with van der Waals surface area (Å²) in [5, 5.41) is 24.5. The molecule has 0 unspecified atom stereocenters. The topological polar surface area (TPSA) is 149 Å². The van der Waals surface area contributed by atoms with Gasteiger partial charge in [-0.1, -0.05) is 67.8 Å². The van der Waals surface area contributed by atoms with Crippen LogP contribution < -0.4 is 16.1 Å². The third-order valence-electron chi connectivity index (χ3n) is 10.5. The fraction of sp³-hybridized carbons (Fsp3) is 0.625. The molecule has 3 aliphatic rings. The Morgan fingerprint density at radius 1 is 0.824 bits per heavy atom. The summed E-state index contributed by atoms with van der Waals surface area (Å²) in [7, 11) is 0. The number of hydroxylamine groups is 1. The van der Waals surface area contributed by atoms with Gasteiger partial charge in [0.25, 0.3) is 0 Å². The van der Waals surface area contributed by atoms with Crippen LogP contribution in [0.3, 0.4) is 0 Å². The van der Waals surface area contributed by atoms with Crippen molar-refractivity contribution < 1.29 is 34.2 Å². The Labute approximate surface area is 302 Å². The van der Waals surface area contributed by atoms with Crippen molar-refractivity contribution in [2.45, 2.75) is 147 Å². The maximum Gasteiger partial charge on any atom is 0.243 e. The fourth-order valence-corrected chi connectivity index (χ4v) is 7.88. The van der Waals surface area contributed by atoms with Crippen LogP contribution in [0.2, 0.25) is 0 Å². The van der Waals surface area contributed by atoms with Gasteiger partial charge in [0.15, 0.2) is 6.29 Å². The van der Waals surface area contributed by atoms with Crippen molar-refractivity contribution in [2.24, 2.45) is 5.92 Å². The first-order valence-corrected chi connectivity index (χ1v) is 18.9. The normalized spacial score (nSPS) is 25.4. The van der Waals surface area contributed by atoms with Gasteiger partial charge in [-0.15, -0.1) is 0 Å². The second-order valence-electron chi connectivity index (χ2n) is 15.6. The van der Waals surface area contributed by atoms with Gasteiger partial charge in [0, 0.05) is 49.5 Å². The predicted molar refractivity (Wildman–Crippen MR) is 193 cm³/mol. The monoisotopic (exact) mass is 706 g/mol. The van der Waals surface area contributed by atoms with Crippen molar-refractivity contribution in [3.05, 3.63) is 70.8 Å². The molecule has 1 aliphatic carbocycles. The molecule has 5 N–H and O–H groups in total. The third kappa shape index (κ3) is 11.3. The number of hydrogen-bond donors (Lipinski definition) is 5. The minimum Gasteiger partial charge on any atom is -0.392 e. The molecule has 2 aromatic carbocycles. The molecule has 0 radical (unpaired) electrons. The molecule has 5 rings (SSSR count). The predicted octanol–water partition coefficient (Wildman–Crippen LogP) is 5.73. The van der Waals surface area contributed by atoms with Gasteiger partial charge in [0.2, 0.25) is 17.7 Å². The lowest BCUT2D eigenvalue weighted by molar-refractivity contribution is -0.255. The molecule has 11 heteroatoms. The molecule has 11 nitrogen and oxygen atoms in total. The van der Waals surface area contributed by atoms with Crippen LogP contribution in [0.1, 0.15) is 132 Å².